The molecule has 0 fully saturated rings. The molecule has 2 atom stereocenters. The predicted octanol–water partition coefficient (Wildman–Crippen LogP) is 4.87. The maximum absolute atomic E-state index is 13.4. The molecule has 2 aliphatic rings. The lowest BCUT2D eigenvalue weighted by Crippen LogP contribution is -2.38. The summed E-state index contributed by atoms with van der Waals surface area (Å²) in [5.41, 5.74) is 3.31. The number of amides is 1. The molecular formula is C25H26BrNO5. The third-order valence-corrected chi connectivity index (χ3v) is 6.63. The highest BCUT2D eigenvalue weighted by molar-refractivity contribution is 9.10. The van der Waals surface area contributed by atoms with Crippen LogP contribution in [0.1, 0.15) is 49.1 Å². The van der Waals surface area contributed by atoms with E-state index in [-0.39, 0.29) is 29.9 Å². The molecule has 0 saturated heterocycles. The molecule has 1 N–H and O–H groups in total. The third-order valence-electron chi connectivity index (χ3n) is 6.04. The van der Waals surface area contributed by atoms with Crippen molar-refractivity contribution in [1.82, 2.24) is 5.32 Å². The lowest BCUT2D eigenvalue weighted by molar-refractivity contribution is -0.122. The maximum atomic E-state index is 13.4. The zero-order chi connectivity index (χ0) is 22.8. The van der Waals surface area contributed by atoms with Crippen LogP contribution in [0.15, 0.2) is 52.1 Å². The Kier molecular flexibility index (Phi) is 6.55. The van der Waals surface area contributed by atoms with Crippen molar-refractivity contribution < 1.29 is 23.8 Å². The minimum absolute atomic E-state index is 0.00278. The van der Waals surface area contributed by atoms with Crippen LogP contribution in [0.25, 0.3) is 0 Å². The van der Waals surface area contributed by atoms with E-state index in [1.807, 2.05) is 43.3 Å². The largest absolute Gasteiger partial charge is 0.497 e. The van der Waals surface area contributed by atoms with Gasteiger partial charge in [0.25, 0.3) is 0 Å². The second-order valence-corrected chi connectivity index (χ2v) is 8.82. The molecule has 1 heterocycles. The van der Waals surface area contributed by atoms with E-state index in [9.17, 15) is 9.59 Å². The second kappa shape index (κ2) is 9.36. The average Bonchev–Trinajstić information content (AvgIpc) is 2.79. The number of carbonyl (C=O) groups excluding carboxylic acids is 2. The van der Waals surface area contributed by atoms with Gasteiger partial charge in [0.05, 0.1) is 25.3 Å². The lowest BCUT2D eigenvalue weighted by atomic mass is 9.73. The van der Waals surface area contributed by atoms with Crippen LogP contribution in [0, 0.1) is 0 Å². The number of halogens is 1. The van der Waals surface area contributed by atoms with Crippen LogP contribution in [0.4, 0.5) is 0 Å². The Hall–Kier alpha value is -2.80. The minimum atomic E-state index is -0.321. The van der Waals surface area contributed by atoms with E-state index in [1.165, 1.54) is 0 Å². The van der Waals surface area contributed by atoms with Gasteiger partial charge in [0.2, 0.25) is 5.91 Å². The number of hydrogen-bond donors (Lipinski definition) is 1. The van der Waals surface area contributed by atoms with Gasteiger partial charge in [0, 0.05) is 30.0 Å². The van der Waals surface area contributed by atoms with Gasteiger partial charge in [-0.3, -0.25) is 9.59 Å². The molecule has 0 aromatic heterocycles. The fourth-order valence-corrected chi connectivity index (χ4v) is 5.18. The van der Waals surface area contributed by atoms with Crippen LogP contribution in [-0.4, -0.2) is 32.5 Å². The monoisotopic (exact) mass is 499 g/mol. The summed E-state index contributed by atoms with van der Waals surface area (Å²) >= 11 is 3.56. The summed E-state index contributed by atoms with van der Waals surface area (Å²) in [7, 11) is 3.21. The average molecular weight is 500 g/mol. The number of rotatable bonds is 6. The summed E-state index contributed by atoms with van der Waals surface area (Å²) in [6.07, 6.45) is 1.22. The zero-order valence-electron chi connectivity index (χ0n) is 18.4. The minimum Gasteiger partial charge on any atom is -0.497 e. The van der Waals surface area contributed by atoms with E-state index >= 15 is 0 Å². The Labute approximate surface area is 196 Å². The van der Waals surface area contributed by atoms with Gasteiger partial charge in [-0.15, -0.1) is 0 Å². The number of methoxy groups -OCH3 is 2. The molecule has 0 spiro atoms. The number of ether oxygens (including phenoxy) is 3. The van der Waals surface area contributed by atoms with Gasteiger partial charge in [-0.05, 0) is 70.6 Å². The van der Waals surface area contributed by atoms with Crippen LogP contribution >= 0.6 is 15.9 Å². The molecule has 4 rings (SSSR count). The molecule has 7 heteroatoms. The Morgan fingerprint density at radius 3 is 2.56 bits per heavy atom. The van der Waals surface area contributed by atoms with Crippen molar-refractivity contribution in [3.8, 4) is 17.2 Å². The number of allylic oxidation sites excluding steroid dienone is 2. The lowest BCUT2D eigenvalue weighted by Gasteiger charge is -2.34. The highest BCUT2D eigenvalue weighted by Crippen LogP contribution is 2.46. The second-order valence-electron chi connectivity index (χ2n) is 7.97. The molecule has 2 aromatic carbocycles. The van der Waals surface area contributed by atoms with Gasteiger partial charge in [0.15, 0.2) is 17.3 Å². The summed E-state index contributed by atoms with van der Waals surface area (Å²) < 4.78 is 17.3. The Morgan fingerprint density at radius 2 is 1.84 bits per heavy atom. The van der Waals surface area contributed by atoms with Crippen molar-refractivity contribution in [3.05, 3.63) is 63.3 Å². The maximum Gasteiger partial charge on any atom is 0.225 e. The SMILES string of the molecule is CCOc1c(Br)cc(C2CC(=O)NC3=C2C(=O)CC(c2cccc(OC)c2)C3)cc1OC. The van der Waals surface area contributed by atoms with Gasteiger partial charge >= 0.3 is 0 Å². The first-order valence-corrected chi connectivity index (χ1v) is 11.4. The number of benzene rings is 2. The molecule has 0 radical (unpaired) electrons. The molecule has 168 valence electrons. The van der Waals surface area contributed by atoms with Crippen LogP contribution in [0.2, 0.25) is 0 Å². The van der Waals surface area contributed by atoms with Crippen molar-refractivity contribution >= 4 is 27.6 Å². The van der Waals surface area contributed by atoms with Gasteiger partial charge in [-0.2, -0.15) is 0 Å². The van der Waals surface area contributed by atoms with Crippen LogP contribution in [-0.2, 0) is 9.59 Å². The first-order chi connectivity index (χ1) is 15.4. The molecule has 6 nitrogen and oxygen atoms in total. The first-order valence-electron chi connectivity index (χ1n) is 10.6. The molecule has 2 unspecified atom stereocenters. The Bertz CT molecular complexity index is 1090. The normalized spacial score (nSPS) is 20.5. The van der Waals surface area contributed by atoms with Crippen molar-refractivity contribution in [3.63, 3.8) is 0 Å². The van der Waals surface area contributed by atoms with E-state index in [2.05, 4.69) is 21.2 Å². The van der Waals surface area contributed by atoms with E-state index in [1.54, 1.807) is 14.2 Å². The summed E-state index contributed by atoms with van der Waals surface area (Å²) in [6, 6.07) is 11.6. The van der Waals surface area contributed by atoms with Crippen LogP contribution in [0.5, 0.6) is 17.2 Å². The summed E-state index contributed by atoms with van der Waals surface area (Å²) in [6.45, 7) is 2.40. The topological polar surface area (TPSA) is 73.9 Å². The van der Waals surface area contributed by atoms with E-state index in [0.717, 1.165) is 27.0 Å². The molecule has 0 bridgehead atoms. The number of nitrogens with one attached hydrogen (secondary N) is 1. The Balaban J connectivity index is 1.72. The fourth-order valence-electron chi connectivity index (χ4n) is 4.60. The van der Waals surface area contributed by atoms with Crippen molar-refractivity contribution in [2.45, 2.75) is 38.0 Å². The fraction of sp³-hybridized carbons (Fsp3) is 0.360. The van der Waals surface area contributed by atoms with Crippen LogP contribution in [0.3, 0.4) is 0 Å². The molecule has 2 aromatic rings. The highest BCUT2D eigenvalue weighted by Gasteiger charge is 2.38. The highest BCUT2D eigenvalue weighted by atomic mass is 79.9. The molecule has 1 amide bonds. The predicted molar refractivity (Wildman–Crippen MR) is 124 cm³/mol. The summed E-state index contributed by atoms with van der Waals surface area (Å²) in [5, 5.41) is 2.97. The van der Waals surface area contributed by atoms with Gasteiger partial charge in [-0.25, -0.2) is 0 Å². The smallest absolute Gasteiger partial charge is 0.225 e. The van der Waals surface area contributed by atoms with E-state index in [0.29, 0.717) is 36.5 Å². The van der Waals surface area contributed by atoms with Gasteiger partial charge in [-0.1, -0.05) is 12.1 Å². The van der Waals surface area contributed by atoms with Gasteiger partial charge in [0.1, 0.15) is 5.75 Å². The van der Waals surface area contributed by atoms with E-state index < -0.39 is 0 Å². The number of carbonyl (C=O) groups is 2. The Morgan fingerprint density at radius 1 is 1.03 bits per heavy atom. The third kappa shape index (κ3) is 4.26. The first kappa shape index (κ1) is 22.4. The number of Topliss-reactive ketones (excluding diaryl/α,β-unsaturated/α-hetero) is 1. The number of hydrogen-bond acceptors (Lipinski definition) is 5. The molecule has 32 heavy (non-hydrogen) atoms. The van der Waals surface area contributed by atoms with Crippen molar-refractivity contribution in [1.29, 1.82) is 0 Å². The van der Waals surface area contributed by atoms with Crippen molar-refractivity contribution in [2.24, 2.45) is 0 Å². The quantitative estimate of drug-likeness (QED) is 0.613. The summed E-state index contributed by atoms with van der Waals surface area (Å²) in [5.74, 6) is 1.59. The van der Waals surface area contributed by atoms with Crippen molar-refractivity contribution in [2.75, 3.05) is 20.8 Å². The van der Waals surface area contributed by atoms with E-state index in [4.69, 9.17) is 14.2 Å². The zero-order valence-corrected chi connectivity index (χ0v) is 20.0. The van der Waals surface area contributed by atoms with Crippen LogP contribution < -0.4 is 19.5 Å². The molecule has 1 aliphatic carbocycles. The standard InChI is InChI=1S/C25H26BrNO5/c1-4-32-25-19(26)9-16(12-22(25)31-3)18-13-23(29)27-20-10-15(11-21(28)24(18)20)14-6-5-7-17(8-14)30-2/h5-9,12,15,18H,4,10-11,13H2,1-3H3,(H,27,29). The van der Waals surface area contributed by atoms with Gasteiger partial charge < -0.3 is 19.5 Å². The number of ketones is 1. The molecular weight excluding hydrogens is 474 g/mol. The molecule has 0 saturated carbocycles. The molecule has 1 aliphatic heterocycles. The summed E-state index contributed by atoms with van der Waals surface area (Å²) in [4.78, 5) is 26.0.